The van der Waals surface area contributed by atoms with Gasteiger partial charge in [-0.25, -0.2) is 0 Å². The number of hydrogen-bond acceptors (Lipinski definition) is 3. The van der Waals surface area contributed by atoms with Gasteiger partial charge in [0.15, 0.2) is 0 Å². The topological polar surface area (TPSA) is 62.2 Å². The number of halogens is 1. The lowest BCUT2D eigenvalue weighted by Gasteiger charge is -2.15. The maximum atomic E-state index is 11.8. The minimum absolute atomic E-state index is 0.0394. The highest BCUT2D eigenvalue weighted by Crippen LogP contribution is 2.14. The Balaban J connectivity index is 2.68. The summed E-state index contributed by atoms with van der Waals surface area (Å²) in [5, 5.41) is 12.3. The van der Waals surface area contributed by atoms with Crippen molar-refractivity contribution in [2.45, 2.75) is 25.8 Å². The van der Waals surface area contributed by atoms with E-state index < -0.39 is 0 Å². The first kappa shape index (κ1) is 12.8. The Labute approximate surface area is 99.6 Å². The molecule has 1 amide bonds. The number of nitrogens with one attached hydrogen (secondary N) is 1. The third-order valence-corrected chi connectivity index (χ3v) is 2.55. The zero-order chi connectivity index (χ0) is 12.0. The van der Waals surface area contributed by atoms with E-state index in [9.17, 15) is 9.90 Å². The lowest BCUT2D eigenvalue weighted by Crippen LogP contribution is -2.34. The molecular weight excluding hydrogens is 228 g/mol. The minimum atomic E-state index is -0.295. The van der Waals surface area contributed by atoms with Crippen LogP contribution in [0.25, 0.3) is 0 Å². The van der Waals surface area contributed by atoms with E-state index in [0.29, 0.717) is 5.88 Å². The first-order chi connectivity index (χ1) is 7.69. The molecule has 1 heterocycles. The van der Waals surface area contributed by atoms with Crippen LogP contribution >= 0.6 is 11.6 Å². The molecule has 0 saturated carbocycles. The first-order valence-corrected chi connectivity index (χ1v) is 5.72. The molecule has 0 spiro atoms. The highest BCUT2D eigenvalue weighted by Gasteiger charge is 2.14. The average Bonchev–Trinajstić information content (AvgIpc) is 2.28. The van der Waals surface area contributed by atoms with Crippen molar-refractivity contribution < 1.29 is 9.90 Å². The molecule has 0 aliphatic carbocycles. The fourth-order valence-electron chi connectivity index (χ4n) is 1.35. The molecule has 1 aromatic rings. The van der Waals surface area contributed by atoms with Crippen LogP contribution < -0.4 is 5.32 Å². The molecule has 0 bridgehead atoms. The molecule has 2 N–H and O–H groups in total. The molecule has 0 radical (unpaired) electrons. The van der Waals surface area contributed by atoms with Crippen LogP contribution in [0.4, 0.5) is 0 Å². The Morgan fingerprint density at radius 3 is 3.00 bits per heavy atom. The highest BCUT2D eigenvalue weighted by atomic mass is 35.5. The molecule has 0 aliphatic rings. The van der Waals surface area contributed by atoms with Gasteiger partial charge < -0.3 is 10.4 Å². The molecule has 1 rings (SSSR count). The largest absolute Gasteiger partial charge is 0.505 e. The van der Waals surface area contributed by atoms with Crippen molar-refractivity contribution >= 4 is 17.5 Å². The molecular formula is C11H15ClN2O2. The molecule has 1 aromatic heterocycles. The van der Waals surface area contributed by atoms with Crippen LogP contribution in [0.15, 0.2) is 18.5 Å². The Bertz CT molecular complexity index is 358. The fourth-order valence-corrected chi connectivity index (χ4v) is 1.61. The SMILES string of the molecule is CCC(CCCl)NC(=O)c1ccncc1O. The summed E-state index contributed by atoms with van der Waals surface area (Å²) in [6.07, 6.45) is 4.24. The average molecular weight is 243 g/mol. The molecule has 1 atom stereocenters. The van der Waals surface area contributed by atoms with Gasteiger partial charge in [0.2, 0.25) is 0 Å². The van der Waals surface area contributed by atoms with Crippen LogP contribution in [0.1, 0.15) is 30.1 Å². The van der Waals surface area contributed by atoms with Gasteiger partial charge in [0.05, 0.1) is 11.8 Å². The molecule has 0 aromatic carbocycles. The van der Waals surface area contributed by atoms with Crippen molar-refractivity contribution in [3.63, 3.8) is 0 Å². The molecule has 0 fully saturated rings. The third kappa shape index (κ3) is 3.38. The van der Waals surface area contributed by atoms with E-state index in [-0.39, 0.29) is 23.3 Å². The predicted molar refractivity (Wildman–Crippen MR) is 62.8 cm³/mol. The summed E-state index contributed by atoms with van der Waals surface area (Å²) in [7, 11) is 0. The zero-order valence-electron chi connectivity index (χ0n) is 9.11. The molecule has 88 valence electrons. The van der Waals surface area contributed by atoms with Gasteiger partial charge in [0, 0.05) is 18.1 Å². The van der Waals surface area contributed by atoms with E-state index in [0.717, 1.165) is 12.8 Å². The quantitative estimate of drug-likeness (QED) is 0.776. The molecule has 16 heavy (non-hydrogen) atoms. The Kier molecular flexibility index (Phi) is 5.05. The van der Waals surface area contributed by atoms with Crippen molar-refractivity contribution in [1.82, 2.24) is 10.3 Å². The summed E-state index contributed by atoms with van der Waals surface area (Å²) >= 11 is 5.63. The van der Waals surface area contributed by atoms with E-state index in [2.05, 4.69) is 10.3 Å². The van der Waals surface area contributed by atoms with Gasteiger partial charge in [-0.3, -0.25) is 9.78 Å². The maximum Gasteiger partial charge on any atom is 0.255 e. The van der Waals surface area contributed by atoms with E-state index in [1.165, 1.54) is 18.5 Å². The summed E-state index contributed by atoms with van der Waals surface area (Å²) < 4.78 is 0. The molecule has 0 saturated heterocycles. The number of carbonyl (C=O) groups excluding carboxylic acids is 1. The van der Waals surface area contributed by atoms with Gasteiger partial charge in [0.1, 0.15) is 5.75 Å². The number of pyridine rings is 1. The van der Waals surface area contributed by atoms with Crippen molar-refractivity contribution in [1.29, 1.82) is 0 Å². The van der Waals surface area contributed by atoms with Crippen LogP contribution in [0.2, 0.25) is 0 Å². The Morgan fingerprint density at radius 1 is 1.69 bits per heavy atom. The number of aromatic hydroxyl groups is 1. The standard InChI is InChI=1S/C11H15ClN2O2/c1-2-8(3-5-12)14-11(16)9-4-6-13-7-10(9)15/h4,6-8,15H,2-3,5H2,1H3,(H,14,16). The molecule has 1 unspecified atom stereocenters. The fraction of sp³-hybridized carbons (Fsp3) is 0.455. The Hall–Kier alpha value is -1.29. The third-order valence-electron chi connectivity index (χ3n) is 2.33. The van der Waals surface area contributed by atoms with Gasteiger partial charge in [-0.15, -0.1) is 11.6 Å². The monoisotopic (exact) mass is 242 g/mol. The Morgan fingerprint density at radius 2 is 2.44 bits per heavy atom. The second-order valence-corrected chi connectivity index (χ2v) is 3.83. The van der Waals surface area contributed by atoms with Crippen LogP contribution in [0.5, 0.6) is 5.75 Å². The van der Waals surface area contributed by atoms with E-state index in [1.54, 1.807) is 0 Å². The number of rotatable bonds is 5. The highest BCUT2D eigenvalue weighted by molar-refractivity contribution is 6.17. The molecule has 0 aliphatic heterocycles. The lowest BCUT2D eigenvalue weighted by atomic mass is 10.1. The maximum absolute atomic E-state index is 11.8. The summed E-state index contributed by atoms with van der Waals surface area (Å²) in [6.45, 7) is 1.98. The zero-order valence-corrected chi connectivity index (χ0v) is 9.87. The van der Waals surface area contributed by atoms with Crippen molar-refractivity contribution in [3.8, 4) is 5.75 Å². The smallest absolute Gasteiger partial charge is 0.255 e. The second kappa shape index (κ2) is 6.33. The van der Waals surface area contributed by atoms with Gasteiger partial charge in [0.25, 0.3) is 5.91 Å². The summed E-state index contributed by atoms with van der Waals surface area (Å²) in [4.78, 5) is 15.5. The van der Waals surface area contributed by atoms with Gasteiger partial charge >= 0.3 is 0 Å². The van der Waals surface area contributed by atoms with E-state index in [4.69, 9.17) is 11.6 Å². The van der Waals surface area contributed by atoms with Gasteiger partial charge in [-0.2, -0.15) is 0 Å². The van der Waals surface area contributed by atoms with Gasteiger partial charge in [-0.05, 0) is 18.9 Å². The minimum Gasteiger partial charge on any atom is -0.505 e. The number of hydrogen-bond donors (Lipinski definition) is 2. The van der Waals surface area contributed by atoms with Crippen molar-refractivity contribution in [3.05, 3.63) is 24.0 Å². The number of aromatic nitrogens is 1. The van der Waals surface area contributed by atoms with E-state index >= 15 is 0 Å². The van der Waals surface area contributed by atoms with E-state index in [1.807, 2.05) is 6.92 Å². The normalized spacial score (nSPS) is 12.1. The van der Waals surface area contributed by atoms with Crippen LogP contribution in [0, 0.1) is 0 Å². The van der Waals surface area contributed by atoms with Crippen molar-refractivity contribution in [2.24, 2.45) is 0 Å². The predicted octanol–water partition coefficient (Wildman–Crippen LogP) is 1.92. The molecule has 5 heteroatoms. The number of nitrogens with zero attached hydrogens (tertiary/aromatic N) is 1. The van der Waals surface area contributed by atoms with Crippen molar-refractivity contribution in [2.75, 3.05) is 5.88 Å². The summed E-state index contributed by atoms with van der Waals surface area (Å²) in [6, 6.07) is 1.52. The van der Waals surface area contributed by atoms with Crippen LogP contribution in [0.3, 0.4) is 0 Å². The lowest BCUT2D eigenvalue weighted by molar-refractivity contribution is 0.0932. The van der Waals surface area contributed by atoms with Crippen LogP contribution in [-0.2, 0) is 0 Å². The first-order valence-electron chi connectivity index (χ1n) is 5.18. The summed E-state index contributed by atoms with van der Waals surface area (Å²) in [5.74, 6) is 0.0961. The van der Waals surface area contributed by atoms with Crippen LogP contribution in [-0.4, -0.2) is 27.9 Å². The van der Waals surface area contributed by atoms with Gasteiger partial charge in [-0.1, -0.05) is 6.92 Å². The number of carbonyl (C=O) groups is 1. The number of alkyl halides is 1. The summed E-state index contributed by atoms with van der Waals surface area (Å²) in [5.41, 5.74) is 0.239. The molecule has 4 nitrogen and oxygen atoms in total. The number of amides is 1. The second-order valence-electron chi connectivity index (χ2n) is 3.45.